The van der Waals surface area contributed by atoms with E-state index in [1.54, 1.807) is 7.11 Å². The van der Waals surface area contributed by atoms with Gasteiger partial charge >= 0.3 is 0 Å². The zero-order valence-corrected chi connectivity index (χ0v) is 19.2. The van der Waals surface area contributed by atoms with Crippen molar-refractivity contribution in [3.8, 4) is 11.5 Å². The first-order chi connectivity index (χ1) is 14.6. The Hall–Kier alpha value is -2.25. The van der Waals surface area contributed by atoms with E-state index in [1.165, 1.54) is 17.7 Å². The Labute approximate surface area is 184 Å². The van der Waals surface area contributed by atoms with Crippen LogP contribution in [0.25, 0.3) is 0 Å². The summed E-state index contributed by atoms with van der Waals surface area (Å²) in [5.74, 6) is 2.97. The van der Waals surface area contributed by atoms with Gasteiger partial charge in [-0.2, -0.15) is 0 Å². The third kappa shape index (κ3) is 6.12. The average molecular weight is 431 g/mol. The summed E-state index contributed by atoms with van der Waals surface area (Å²) in [6, 6.07) is 12.6. The Morgan fingerprint density at radius 2 is 2.10 bits per heavy atom. The van der Waals surface area contributed by atoms with Crippen LogP contribution in [0.1, 0.15) is 30.7 Å². The van der Waals surface area contributed by atoms with Gasteiger partial charge in [-0.05, 0) is 62.9 Å². The molecule has 1 aromatic heterocycles. The zero-order chi connectivity index (χ0) is 21.3. The molecule has 1 aliphatic rings. The summed E-state index contributed by atoms with van der Waals surface area (Å²) >= 11 is 1.85. The molecule has 0 bridgehead atoms. The van der Waals surface area contributed by atoms with Gasteiger partial charge in [0.1, 0.15) is 17.6 Å². The fourth-order valence-electron chi connectivity index (χ4n) is 4.02. The molecule has 164 valence electrons. The summed E-state index contributed by atoms with van der Waals surface area (Å²) in [7, 11) is 5.71. The van der Waals surface area contributed by atoms with Crippen LogP contribution in [0.15, 0.2) is 46.8 Å². The Bertz CT molecular complexity index is 796. The Kier molecular flexibility index (Phi) is 8.39. The highest BCUT2D eigenvalue weighted by Gasteiger charge is 2.31. The van der Waals surface area contributed by atoms with Crippen molar-refractivity contribution in [3.63, 3.8) is 0 Å². The van der Waals surface area contributed by atoms with Crippen molar-refractivity contribution in [1.29, 1.82) is 0 Å². The molecule has 0 radical (unpaired) electrons. The van der Waals surface area contributed by atoms with Crippen molar-refractivity contribution >= 4 is 17.3 Å². The largest absolute Gasteiger partial charge is 0.497 e. The molecule has 2 heterocycles. The molecule has 0 saturated carbocycles. The van der Waals surface area contributed by atoms with Gasteiger partial charge in [-0.1, -0.05) is 12.1 Å². The number of hydrogen-bond acceptors (Lipinski definition) is 5. The maximum Gasteiger partial charge on any atom is 0.191 e. The van der Waals surface area contributed by atoms with Crippen LogP contribution in [-0.2, 0) is 0 Å². The van der Waals surface area contributed by atoms with Crippen molar-refractivity contribution < 1.29 is 9.47 Å². The molecule has 1 aromatic carbocycles. The van der Waals surface area contributed by atoms with E-state index in [1.807, 2.05) is 49.6 Å². The predicted molar refractivity (Wildman–Crippen MR) is 125 cm³/mol. The van der Waals surface area contributed by atoms with Crippen molar-refractivity contribution in [1.82, 2.24) is 15.5 Å². The van der Waals surface area contributed by atoms with E-state index in [4.69, 9.17) is 9.47 Å². The van der Waals surface area contributed by atoms with Crippen molar-refractivity contribution in [2.45, 2.75) is 31.9 Å². The number of methoxy groups -OCH3 is 1. The second-order valence-corrected chi connectivity index (χ2v) is 8.76. The van der Waals surface area contributed by atoms with Gasteiger partial charge in [-0.15, -0.1) is 11.3 Å². The molecule has 1 fully saturated rings. The summed E-state index contributed by atoms with van der Waals surface area (Å²) in [5.41, 5.74) is 0. The van der Waals surface area contributed by atoms with Crippen LogP contribution in [0.4, 0.5) is 0 Å². The molecule has 2 N–H and O–H groups in total. The average Bonchev–Trinajstić information content (AvgIpc) is 3.28. The highest BCUT2D eigenvalue weighted by Crippen LogP contribution is 2.36. The van der Waals surface area contributed by atoms with Crippen LogP contribution in [0.3, 0.4) is 0 Å². The fourth-order valence-corrected chi connectivity index (χ4v) is 5.00. The topological polar surface area (TPSA) is 58.1 Å². The molecule has 3 unspecified atom stereocenters. The van der Waals surface area contributed by atoms with Crippen LogP contribution in [0.2, 0.25) is 0 Å². The molecule has 6 nitrogen and oxygen atoms in total. The third-order valence-corrected chi connectivity index (χ3v) is 6.48. The first-order valence-corrected chi connectivity index (χ1v) is 11.5. The molecule has 3 atom stereocenters. The molecule has 2 aromatic rings. The number of nitrogens with zero attached hydrogens (tertiary/aromatic N) is 2. The van der Waals surface area contributed by atoms with Crippen LogP contribution in [0.5, 0.6) is 11.5 Å². The second kappa shape index (κ2) is 11.2. The molecule has 0 amide bonds. The lowest BCUT2D eigenvalue weighted by molar-refractivity contribution is 0.125. The number of piperidine rings is 1. The number of likely N-dealkylation sites (tertiary alicyclic amines) is 1. The van der Waals surface area contributed by atoms with Gasteiger partial charge in [0, 0.05) is 30.6 Å². The zero-order valence-electron chi connectivity index (χ0n) is 18.4. The van der Waals surface area contributed by atoms with Gasteiger partial charge in [-0.25, -0.2) is 0 Å². The number of hydrogen-bond donors (Lipinski definition) is 2. The maximum absolute atomic E-state index is 6.00. The number of aliphatic imine (C=N–C) groups is 1. The highest BCUT2D eigenvalue weighted by atomic mass is 32.1. The molecule has 3 rings (SSSR count). The number of benzene rings is 1. The lowest BCUT2D eigenvalue weighted by atomic mass is 9.88. The fraction of sp³-hybridized carbons (Fsp3) is 0.522. The van der Waals surface area contributed by atoms with Crippen LogP contribution < -0.4 is 20.1 Å². The van der Waals surface area contributed by atoms with Gasteiger partial charge in [0.25, 0.3) is 0 Å². The number of thiophene rings is 1. The minimum atomic E-state index is -0.00432. The molecule has 1 saturated heterocycles. The highest BCUT2D eigenvalue weighted by molar-refractivity contribution is 7.10. The summed E-state index contributed by atoms with van der Waals surface area (Å²) < 4.78 is 11.3. The molecular weight excluding hydrogens is 396 g/mol. The lowest BCUT2D eigenvalue weighted by Crippen LogP contribution is -2.46. The van der Waals surface area contributed by atoms with E-state index in [-0.39, 0.29) is 6.10 Å². The SMILES string of the molecule is CN=C(NCC(C)Oc1cccc(OC)c1)NCC1CCCN(C)C1c1cccs1. The van der Waals surface area contributed by atoms with Crippen molar-refractivity contribution in [3.05, 3.63) is 46.7 Å². The Morgan fingerprint density at radius 1 is 1.27 bits per heavy atom. The van der Waals surface area contributed by atoms with Gasteiger partial charge in [-0.3, -0.25) is 9.89 Å². The summed E-state index contributed by atoms with van der Waals surface area (Å²) in [4.78, 5) is 8.33. The summed E-state index contributed by atoms with van der Waals surface area (Å²) in [5, 5.41) is 9.09. The number of nitrogens with one attached hydrogen (secondary N) is 2. The van der Waals surface area contributed by atoms with Crippen molar-refractivity contribution in [2.24, 2.45) is 10.9 Å². The van der Waals surface area contributed by atoms with Crippen LogP contribution in [-0.4, -0.2) is 57.8 Å². The van der Waals surface area contributed by atoms with Gasteiger partial charge in [0.2, 0.25) is 0 Å². The maximum atomic E-state index is 6.00. The normalized spacial score (nSPS) is 21.1. The van der Waals surface area contributed by atoms with E-state index >= 15 is 0 Å². The molecule has 7 heteroatoms. The number of ether oxygens (including phenoxy) is 2. The standard InChI is InChI=1S/C23H34N4O2S/c1-17(29-20-10-5-9-19(14-20)28-4)15-25-23(24-2)26-16-18-8-6-12-27(3)22(18)21-11-7-13-30-21/h5,7,9-11,13-14,17-18,22H,6,8,12,15-16H2,1-4H3,(H2,24,25,26). The molecule has 0 spiro atoms. The van der Waals surface area contributed by atoms with E-state index in [2.05, 4.69) is 45.1 Å². The lowest BCUT2D eigenvalue weighted by Gasteiger charge is -2.39. The summed E-state index contributed by atoms with van der Waals surface area (Å²) in [6.07, 6.45) is 2.46. The van der Waals surface area contributed by atoms with Crippen LogP contribution in [0, 0.1) is 5.92 Å². The van der Waals surface area contributed by atoms with Gasteiger partial charge in [0.05, 0.1) is 13.7 Å². The quantitative estimate of drug-likeness (QED) is 0.493. The minimum absolute atomic E-state index is 0.00432. The Morgan fingerprint density at radius 3 is 2.83 bits per heavy atom. The molecule has 30 heavy (non-hydrogen) atoms. The number of guanidine groups is 1. The number of rotatable bonds is 8. The monoisotopic (exact) mass is 430 g/mol. The van der Waals surface area contributed by atoms with Crippen LogP contribution >= 0.6 is 11.3 Å². The van der Waals surface area contributed by atoms with Crippen molar-refractivity contribution in [2.75, 3.05) is 40.8 Å². The third-order valence-electron chi connectivity index (χ3n) is 5.53. The second-order valence-electron chi connectivity index (χ2n) is 7.78. The first kappa shape index (κ1) is 22.4. The van der Waals surface area contributed by atoms with E-state index in [0.717, 1.165) is 30.5 Å². The van der Waals surface area contributed by atoms with E-state index < -0.39 is 0 Å². The van der Waals surface area contributed by atoms with Gasteiger partial charge in [0.15, 0.2) is 5.96 Å². The Balaban J connectivity index is 1.49. The van der Waals surface area contributed by atoms with Gasteiger partial charge < -0.3 is 20.1 Å². The first-order valence-electron chi connectivity index (χ1n) is 10.6. The molecule has 1 aliphatic heterocycles. The smallest absolute Gasteiger partial charge is 0.191 e. The summed E-state index contributed by atoms with van der Waals surface area (Å²) in [6.45, 7) is 4.77. The minimum Gasteiger partial charge on any atom is -0.497 e. The predicted octanol–water partition coefficient (Wildman–Crippen LogP) is 3.77. The molecule has 0 aliphatic carbocycles. The molecular formula is C23H34N4O2S. The van der Waals surface area contributed by atoms with E-state index in [0.29, 0.717) is 18.5 Å². The van der Waals surface area contributed by atoms with E-state index in [9.17, 15) is 0 Å².